The van der Waals surface area contributed by atoms with Crippen LogP contribution in [0.2, 0.25) is 5.02 Å². The molecule has 1 N–H and O–H groups in total. The van der Waals surface area contributed by atoms with E-state index in [1.54, 1.807) is 0 Å². The lowest BCUT2D eigenvalue weighted by Gasteiger charge is -2.26. The summed E-state index contributed by atoms with van der Waals surface area (Å²) >= 11 is 9.66. The molecule has 0 aliphatic heterocycles. The number of nitrogens with zero attached hydrogens (tertiary/aromatic N) is 1. The minimum Gasteiger partial charge on any atom is -0.310 e. The number of rotatable bonds is 5. The van der Waals surface area contributed by atoms with Gasteiger partial charge in [-0.1, -0.05) is 31.5 Å². The van der Waals surface area contributed by atoms with E-state index in [2.05, 4.69) is 58.3 Å². The normalized spacial score (nSPS) is 14.0. The number of benzene rings is 1. The molecule has 1 aromatic carbocycles. The van der Waals surface area contributed by atoms with Gasteiger partial charge in [0.05, 0.1) is 5.02 Å². The first-order chi connectivity index (χ1) is 9.63. The van der Waals surface area contributed by atoms with Gasteiger partial charge in [0, 0.05) is 28.8 Å². The first-order valence-corrected chi connectivity index (χ1v) is 7.88. The fraction of sp³-hybridized carbons (Fsp3) is 0.312. The van der Waals surface area contributed by atoms with Crippen molar-refractivity contribution >= 4 is 27.5 Å². The van der Waals surface area contributed by atoms with Crippen molar-refractivity contribution in [2.75, 3.05) is 6.54 Å². The second kappa shape index (κ2) is 7.21. The fourth-order valence-corrected chi connectivity index (χ4v) is 2.80. The van der Waals surface area contributed by atoms with Gasteiger partial charge in [-0.2, -0.15) is 0 Å². The van der Waals surface area contributed by atoms with Crippen molar-refractivity contribution in [3.05, 3.63) is 63.3 Å². The Morgan fingerprint density at radius 3 is 2.50 bits per heavy atom. The molecule has 2 atom stereocenters. The predicted octanol–water partition coefficient (Wildman–Crippen LogP) is 4.95. The zero-order chi connectivity index (χ0) is 14.5. The Bertz CT molecular complexity index is 560. The van der Waals surface area contributed by atoms with Crippen LogP contribution in [0.4, 0.5) is 0 Å². The van der Waals surface area contributed by atoms with Crippen LogP contribution in [-0.2, 0) is 0 Å². The minimum absolute atomic E-state index is 0.230. The van der Waals surface area contributed by atoms with Crippen molar-refractivity contribution < 1.29 is 0 Å². The summed E-state index contributed by atoms with van der Waals surface area (Å²) in [5, 5.41) is 4.29. The number of halogens is 2. The Morgan fingerprint density at radius 1 is 1.20 bits per heavy atom. The molecular weight excluding hydrogens is 336 g/mol. The molecule has 0 spiro atoms. The summed E-state index contributed by atoms with van der Waals surface area (Å²) in [5.41, 5.74) is 2.47. The van der Waals surface area contributed by atoms with Crippen LogP contribution in [0, 0.1) is 0 Å². The van der Waals surface area contributed by atoms with Gasteiger partial charge in [-0.25, -0.2) is 0 Å². The molecule has 2 aromatic rings. The first-order valence-electron chi connectivity index (χ1n) is 6.71. The second-order valence-electron chi connectivity index (χ2n) is 4.78. The highest BCUT2D eigenvalue weighted by Crippen LogP contribution is 2.33. The topological polar surface area (TPSA) is 24.9 Å². The Hall–Kier alpha value is -0.900. The van der Waals surface area contributed by atoms with E-state index in [1.165, 1.54) is 11.1 Å². The molecule has 106 valence electrons. The van der Waals surface area contributed by atoms with Crippen LogP contribution in [0.3, 0.4) is 0 Å². The van der Waals surface area contributed by atoms with E-state index in [0.717, 1.165) is 16.0 Å². The average molecular weight is 354 g/mol. The molecule has 2 unspecified atom stereocenters. The molecule has 0 aliphatic carbocycles. The Labute approximate surface area is 133 Å². The van der Waals surface area contributed by atoms with Gasteiger partial charge in [-0.05, 0) is 57.9 Å². The SMILES string of the molecule is CCNC(c1ccc(Br)c(Cl)c1)C(C)c1ccncc1. The smallest absolute Gasteiger partial charge is 0.0551 e. The Balaban J connectivity index is 2.33. The molecule has 0 bridgehead atoms. The van der Waals surface area contributed by atoms with E-state index in [9.17, 15) is 0 Å². The maximum absolute atomic E-state index is 6.22. The zero-order valence-corrected chi connectivity index (χ0v) is 13.9. The van der Waals surface area contributed by atoms with Crippen molar-refractivity contribution in [2.45, 2.75) is 25.8 Å². The Morgan fingerprint density at radius 2 is 1.90 bits per heavy atom. The fourth-order valence-electron chi connectivity index (χ4n) is 2.37. The van der Waals surface area contributed by atoms with Crippen LogP contribution in [0.1, 0.15) is 36.9 Å². The molecule has 20 heavy (non-hydrogen) atoms. The van der Waals surface area contributed by atoms with E-state index in [1.807, 2.05) is 24.5 Å². The van der Waals surface area contributed by atoms with E-state index in [-0.39, 0.29) is 6.04 Å². The molecule has 0 saturated heterocycles. The summed E-state index contributed by atoms with van der Waals surface area (Å²) in [6.45, 7) is 5.25. The van der Waals surface area contributed by atoms with Crippen LogP contribution < -0.4 is 5.32 Å². The van der Waals surface area contributed by atoms with Gasteiger partial charge in [-0.15, -0.1) is 0 Å². The standard InChI is InChI=1S/C16H18BrClN2/c1-3-20-16(11(2)12-6-8-19-9-7-12)13-4-5-14(17)15(18)10-13/h4-11,16,20H,3H2,1-2H3. The number of hydrogen-bond acceptors (Lipinski definition) is 2. The third-order valence-electron chi connectivity index (χ3n) is 3.46. The van der Waals surface area contributed by atoms with Crippen LogP contribution in [0.5, 0.6) is 0 Å². The zero-order valence-electron chi connectivity index (χ0n) is 11.6. The number of likely N-dealkylation sites (N-methyl/N-ethyl adjacent to an activating group) is 1. The molecular formula is C16H18BrClN2. The highest BCUT2D eigenvalue weighted by Gasteiger charge is 2.20. The molecule has 2 nitrogen and oxygen atoms in total. The maximum Gasteiger partial charge on any atom is 0.0551 e. The highest BCUT2D eigenvalue weighted by molar-refractivity contribution is 9.10. The quantitative estimate of drug-likeness (QED) is 0.822. The second-order valence-corrected chi connectivity index (χ2v) is 6.04. The van der Waals surface area contributed by atoms with Gasteiger partial charge in [0.25, 0.3) is 0 Å². The average Bonchev–Trinajstić information content (AvgIpc) is 2.48. The third-order valence-corrected chi connectivity index (χ3v) is 4.69. The van der Waals surface area contributed by atoms with Crippen LogP contribution in [-0.4, -0.2) is 11.5 Å². The molecule has 2 rings (SSSR count). The van der Waals surface area contributed by atoms with Gasteiger partial charge >= 0.3 is 0 Å². The van der Waals surface area contributed by atoms with Gasteiger partial charge in [0.15, 0.2) is 0 Å². The molecule has 1 aromatic heterocycles. The predicted molar refractivity (Wildman–Crippen MR) is 88.2 cm³/mol. The van der Waals surface area contributed by atoms with Gasteiger partial charge < -0.3 is 5.32 Å². The van der Waals surface area contributed by atoms with Crippen molar-refractivity contribution in [1.29, 1.82) is 0 Å². The molecule has 0 radical (unpaired) electrons. The van der Waals surface area contributed by atoms with Gasteiger partial charge in [0.1, 0.15) is 0 Å². The number of hydrogen-bond donors (Lipinski definition) is 1. The Kier molecular flexibility index (Phi) is 5.58. The highest BCUT2D eigenvalue weighted by atomic mass is 79.9. The summed E-state index contributed by atoms with van der Waals surface area (Å²) in [5.74, 6) is 0.343. The lowest BCUT2D eigenvalue weighted by atomic mass is 9.89. The van der Waals surface area contributed by atoms with Crippen LogP contribution in [0.25, 0.3) is 0 Å². The first kappa shape index (κ1) is 15.5. The lowest BCUT2D eigenvalue weighted by Crippen LogP contribution is -2.25. The summed E-state index contributed by atoms with van der Waals surface area (Å²) < 4.78 is 0.926. The van der Waals surface area contributed by atoms with Crippen molar-refractivity contribution in [2.24, 2.45) is 0 Å². The number of nitrogens with one attached hydrogen (secondary N) is 1. The number of aromatic nitrogens is 1. The van der Waals surface area contributed by atoms with Crippen molar-refractivity contribution in [3.8, 4) is 0 Å². The van der Waals surface area contributed by atoms with Crippen molar-refractivity contribution in [1.82, 2.24) is 10.3 Å². The van der Waals surface area contributed by atoms with E-state index >= 15 is 0 Å². The van der Waals surface area contributed by atoms with E-state index in [0.29, 0.717) is 5.92 Å². The molecule has 0 fully saturated rings. The minimum atomic E-state index is 0.230. The lowest BCUT2D eigenvalue weighted by molar-refractivity contribution is 0.479. The van der Waals surface area contributed by atoms with Gasteiger partial charge in [-0.3, -0.25) is 4.98 Å². The third kappa shape index (κ3) is 3.60. The molecule has 4 heteroatoms. The van der Waals surface area contributed by atoms with Crippen LogP contribution >= 0.6 is 27.5 Å². The largest absolute Gasteiger partial charge is 0.310 e. The van der Waals surface area contributed by atoms with Gasteiger partial charge in [0.2, 0.25) is 0 Å². The summed E-state index contributed by atoms with van der Waals surface area (Å²) in [4.78, 5) is 4.08. The molecule has 1 heterocycles. The number of pyridine rings is 1. The van der Waals surface area contributed by atoms with Crippen molar-refractivity contribution in [3.63, 3.8) is 0 Å². The van der Waals surface area contributed by atoms with E-state index < -0.39 is 0 Å². The summed E-state index contributed by atoms with van der Waals surface area (Å²) in [7, 11) is 0. The molecule has 0 amide bonds. The maximum atomic E-state index is 6.22. The summed E-state index contributed by atoms with van der Waals surface area (Å²) in [6.07, 6.45) is 3.67. The molecule has 0 aliphatic rings. The molecule has 0 saturated carbocycles. The van der Waals surface area contributed by atoms with E-state index in [4.69, 9.17) is 11.6 Å². The monoisotopic (exact) mass is 352 g/mol. The summed E-state index contributed by atoms with van der Waals surface area (Å²) in [6, 6.07) is 10.5. The van der Waals surface area contributed by atoms with Crippen LogP contribution in [0.15, 0.2) is 47.2 Å².